The van der Waals surface area contributed by atoms with Crippen LogP contribution in [0.2, 0.25) is 0 Å². The van der Waals surface area contributed by atoms with Crippen molar-refractivity contribution in [3.8, 4) is 0 Å². The Morgan fingerprint density at radius 1 is 1.29 bits per heavy atom. The average Bonchev–Trinajstić information content (AvgIpc) is 2.11. The van der Waals surface area contributed by atoms with E-state index in [1.165, 1.54) is 6.07 Å². The monoisotopic (exact) mass is 259 g/mol. The maximum atomic E-state index is 13.3. The molecule has 1 aromatic carbocycles. The highest BCUT2D eigenvalue weighted by Gasteiger charge is 2.09. The summed E-state index contributed by atoms with van der Waals surface area (Å²) in [6.45, 7) is 6.26. The normalized spacial score (nSPS) is 13.0. The van der Waals surface area contributed by atoms with Crippen molar-refractivity contribution < 1.29 is 4.39 Å². The van der Waals surface area contributed by atoms with Crippen LogP contribution in [-0.4, -0.2) is 6.04 Å². The summed E-state index contributed by atoms with van der Waals surface area (Å²) < 4.78 is 14.2. The van der Waals surface area contributed by atoms with Crippen LogP contribution in [0.1, 0.15) is 20.8 Å². The van der Waals surface area contributed by atoms with E-state index in [1.807, 2.05) is 6.92 Å². The predicted molar refractivity (Wildman–Crippen MR) is 62.0 cm³/mol. The third-order valence-corrected chi connectivity index (χ3v) is 2.80. The van der Waals surface area contributed by atoms with Gasteiger partial charge >= 0.3 is 0 Å². The number of nitrogens with one attached hydrogen (secondary N) is 1. The molecule has 0 aliphatic heterocycles. The Morgan fingerprint density at radius 2 is 1.93 bits per heavy atom. The van der Waals surface area contributed by atoms with Gasteiger partial charge in [0.25, 0.3) is 0 Å². The number of halogens is 2. The Hall–Kier alpha value is -0.570. The molecule has 1 unspecified atom stereocenters. The van der Waals surface area contributed by atoms with Crippen LogP contribution in [0.3, 0.4) is 0 Å². The molecule has 0 radical (unpaired) electrons. The molecule has 0 fully saturated rings. The minimum Gasteiger partial charge on any atom is -0.380 e. The van der Waals surface area contributed by atoms with E-state index in [2.05, 4.69) is 35.1 Å². The first kappa shape index (κ1) is 11.5. The largest absolute Gasteiger partial charge is 0.380 e. The van der Waals surface area contributed by atoms with Crippen LogP contribution in [0.15, 0.2) is 22.7 Å². The van der Waals surface area contributed by atoms with E-state index in [-0.39, 0.29) is 11.9 Å². The second-order valence-corrected chi connectivity index (χ2v) is 4.72. The van der Waals surface area contributed by atoms with Crippen molar-refractivity contribution in [3.63, 3.8) is 0 Å². The molecule has 1 N–H and O–H groups in total. The molecule has 0 aliphatic rings. The number of hydrogen-bond donors (Lipinski definition) is 1. The molecule has 1 nitrogen and oxygen atoms in total. The maximum Gasteiger partial charge on any atom is 0.146 e. The molecule has 0 saturated heterocycles. The average molecular weight is 260 g/mol. The van der Waals surface area contributed by atoms with E-state index in [9.17, 15) is 4.39 Å². The van der Waals surface area contributed by atoms with E-state index in [0.29, 0.717) is 11.6 Å². The standard InChI is InChI=1S/C11H15BrFN/c1-7(2)8(3)14-11-6-9(12)4-5-10(11)13/h4-8,14H,1-3H3. The predicted octanol–water partition coefficient (Wildman–Crippen LogP) is 4.04. The fourth-order valence-electron chi connectivity index (χ4n) is 1.02. The smallest absolute Gasteiger partial charge is 0.146 e. The van der Waals surface area contributed by atoms with E-state index < -0.39 is 0 Å². The van der Waals surface area contributed by atoms with Crippen LogP contribution in [0.4, 0.5) is 10.1 Å². The molecule has 0 aromatic heterocycles. The molecule has 0 spiro atoms. The minimum atomic E-state index is -0.208. The molecule has 0 saturated carbocycles. The fraction of sp³-hybridized carbons (Fsp3) is 0.455. The lowest BCUT2D eigenvalue weighted by Gasteiger charge is -2.19. The van der Waals surface area contributed by atoms with Gasteiger partial charge in [-0.2, -0.15) is 0 Å². The Morgan fingerprint density at radius 3 is 2.50 bits per heavy atom. The molecule has 1 atom stereocenters. The third kappa shape index (κ3) is 2.98. The number of hydrogen-bond acceptors (Lipinski definition) is 1. The van der Waals surface area contributed by atoms with Crippen LogP contribution in [-0.2, 0) is 0 Å². The fourth-order valence-corrected chi connectivity index (χ4v) is 1.38. The lowest BCUT2D eigenvalue weighted by molar-refractivity contribution is 0.552. The Labute approximate surface area is 92.8 Å². The van der Waals surface area contributed by atoms with Crippen LogP contribution in [0, 0.1) is 11.7 Å². The molecule has 0 bridgehead atoms. The van der Waals surface area contributed by atoms with Crippen molar-refractivity contribution in [2.24, 2.45) is 5.92 Å². The summed E-state index contributed by atoms with van der Waals surface area (Å²) in [5.74, 6) is 0.272. The van der Waals surface area contributed by atoms with Gasteiger partial charge in [0.15, 0.2) is 0 Å². The topological polar surface area (TPSA) is 12.0 Å². The van der Waals surface area contributed by atoms with Gasteiger partial charge in [0, 0.05) is 10.5 Å². The molecule has 1 rings (SSSR count). The van der Waals surface area contributed by atoms with Gasteiger partial charge in [-0.05, 0) is 31.0 Å². The van der Waals surface area contributed by atoms with Crippen LogP contribution in [0.25, 0.3) is 0 Å². The highest BCUT2D eigenvalue weighted by molar-refractivity contribution is 9.10. The highest BCUT2D eigenvalue weighted by atomic mass is 79.9. The molecule has 0 amide bonds. The quantitative estimate of drug-likeness (QED) is 0.864. The van der Waals surface area contributed by atoms with Crippen molar-refractivity contribution in [1.29, 1.82) is 0 Å². The van der Waals surface area contributed by atoms with Crippen molar-refractivity contribution >= 4 is 21.6 Å². The molecule has 14 heavy (non-hydrogen) atoms. The van der Waals surface area contributed by atoms with Gasteiger partial charge in [0.1, 0.15) is 5.82 Å². The first-order chi connectivity index (χ1) is 6.50. The first-order valence-corrected chi connectivity index (χ1v) is 5.51. The van der Waals surface area contributed by atoms with Gasteiger partial charge in [-0.1, -0.05) is 29.8 Å². The van der Waals surface area contributed by atoms with E-state index >= 15 is 0 Å². The van der Waals surface area contributed by atoms with Gasteiger partial charge in [-0.3, -0.25) is 0 Å². The molecule has 3 heteroatoms. The van der Waals surface area contributed by atoms with Gasteiger partial charge in [-0.15, -0.1) is 0 Å². The first-order valence-electron chi connectivity index (χ1n) is 4.72. The van der Waals surface area contributed by atoms with E-state index in [4.69, 9.17) is 0 Å². The zero-order valence-electron chi connectivity index (χ0n) is 8.64. The van der Waals surface area contributed by atoms with Gasteiger partial charge in [0.05, 0.1) is 5.69 Å². The van der Waals surface area contributed by atoms with Crippen LogP contribution in [0.5, 0.6) is 0 Å². The third-order valence-electron chi connectivity index (χ3n) is 2.31. The lowest BCUT2D eigenvalue weighted by atomic mass is 10.1. The molecule has 78 valence electrons. The second-order valence-electron chi connectivity index (χ2n) is 3.80. The maximum absolute atomic E-state index is 13.3. The van der Waals surface area contributed by atoms with E-state index in [0.717, 1.165) is 4.47 Å². The summed E-state index contributed by atoms with van der Waals surface area (Å²) in [5, 5.41) is 3.15. The van der Waals surface area contributed by atoms with Crippen molar-refractivity contribution in [1.82, 2.24) is 0 Å². The summed E-state index contributed by atoms with van der Waals surface area (Å²) in [7, 11) is 0. The van der Waals surface area contributed by atoms with Gasteiger partial charge in [0.2, 0.25) is 0 Å². The summed E-state index contributed by atoms with van der Waals surface area (Å²) in [6.07, 6.45) is 0. The number of anilines is 1. The van der Waals surface area contributed by atoms with Gasteiger partial charge < -0.3 is 5.32 Å². The molecule has 0 heterocycles. The number of benzene rings is 1. The van der Waals surface area contributed by atoms with Crippen molar-refractivity contribution in [3.05, 3.63) is 28.5 Å². The van der Waals surface area contributed by atoms with Gasteiger partial charge in [-0.25, -0.2) is 4.39 Å². The van der Waals surface area contributed by atoms with E-state index in [1.54, 1.807) is 12.1 Å². The number of rotatable bonds is 3. The Bertz CT molecular complexity index is 312. The molecule has 1 aromatic rings. The Balaban J connectivity index is 2.80. The molecular weight excluding hydrogens is 245 g/mol. The summed E-state index contributed by atoms with van der Waals surface area (Å²) >= 11 is 3.32. The summed E-state index contributed by atoms with van der Waals surface area (Å²) in [4.78, 5) is 0. The zero-order chi connectivity index (χ0) is 10.7. The highest BCUT2D eigenvalue weighted by Crippen LogP contribution is 2.21. The summed E-state index contributed by atoms with van der Waals surface area (Å²) in [6, 6.07) is 5.17. The molecular formula is C11H15BrFN. The Kier molecular flexibility index (Phi) is 3.93. The minimum absolute atomic E-state index is 0.208. The SMILES string of the molecule is CC(C)C(C)Nc1cc(Br)ccc1F. The zero-order valence-corrected chi connectivity index (χ0v) is 10.2. The van der Waals surface area contributed by atoms with Crippen LogP contribution >= 0.6 is 15.9 Å². The lowest BCUT2D eigenvalue weighted by Crippen LogP contribution is -2.22. The van der Waals surface area contributed by atoms with Crippen LogP contribution < -0.4 is 5.32 Å². The summed E-state index contributed by atoms with van der Waals surface area (Å²) in [5.41, 5.74) is 0.556. The van der Waals surface area contributed by atoms with Crippen molar-refractivity contribution in [2.75, 3.05) is 5.32 Å². The van der Waals surface area contributed by atoms with Crippen molar-refractivity contribution in [2.45, 2.75) is 26.8 Å². The second kappa shape index (κ2) is 4.78. The molecule has 0 aliphatic carbocycles.